The third kappa shape index (κ3) is 3.25. The molecular weight excluding hydrogens is 248 g/mol. The Labute approximate surface area is 108 Å². The van der Waals surface area contributed by atoms with E-state index in [9.17, 15) is 15.3 Å². The summed E-state index contributed by atoms with van der Waals surface area (Å²) in [5.74, 6) is 0. The van der Waals surface area contributed by atoms with Gasteiger partial charge in [0.2, 0.25) is 0 Å². The van der Waals surface area contributed by atoms with Crippen LogP contribution in [0.25, 0.3) is 0 Å². The van der Waals surface area contributed by atoms with E-state index in [1.165, 1.54) is 24.3 Å². The van der Waals surface area contributed by atoms with Gasteiger partial charge in [-0.25, -0.2) is 0 Å². The Morgan fingerprint density at radius 3 is 2.11 bits per heavy atom. The monoisotopic (exact) mass is 258 g/mol. The molecule has 7 heteroatoms. The van der Waals surface area contributed by atoms with E-state index < -0.39 is 4.92 Å². The third-order valence-corrected chi connectivity index (χ3v) is 2.33. The standard InChI is InChI=1S/C12H10N4O3/c17-15(11-4-2-1-3-5-11)14-13-10-6-8-12(9-7-10)16(18)19/h1-9,13H/b15-14-. The van der Waals surface area contributed by atoms with Crippen LogP contribution in [0.4, 0.5) is 17.1 Å². The first-order valence-corrected chi connectivity index (χ1v) is 5.40. The van der Waals surface area contributed by atoms with Crippen LogP contribution in [0, 0.1) is 15.3 Å². The minimum Gasteiger partial charge on any atom is -0.691 e. The molecule has 2 rings (SSSR count). The number of para-hydroxylation sites is 1. The Hall–Kier alpha value is -2.96. The Morgan fingerprint density at radius 1 is 0.895 bits per heavy atom. The number of nitrogens with one attached hydrogen (secondary N) is 1. The molecule has 2 aromatic carbocycles. The molecule has 96 valence electrons. The third-order valence-electron chi connectivity index (χ3n) is 2.33. The second kappa shape index (κ2) is 5.58. The van der Waals surface area contributed by atoms with E-state index in [-0.39, 0.29) is 5.69 Å². The molecule has 0 unspecified atom stereocenters. The highest BCUT2D eigenvalue weighted by molar-refractivity contribution is 5.47. The van der Waals surface area contributed by atoms with Crippen molar-refractivity contribution in [3.05, 3.63) is 69.9 Å². The van der Waals surface area contributed by atoms with Gasteiger partial charge in [0.15, 0.2) is 5.69 Å². The highest BCUT2D eigenvalue weighted by atomic mass is 16.6. The number of nitro benzene ring substituents is 1. The van der Waals surface area contributed by atoms with Crippen molar-refractivity contribution in [1.29, 1.82) is 0 Å². The van der Waals surface area contributed by atoms with Gasteiger partial charge >= 0.3 is 0 Å². The first-order valence-electron chi connectivity index (χ1n) is 5.40. The van der Waals surface area contributed by atoms with Gasteiger partial charge in [0.25, 0.3) is 5.69 Å². The van der Waals surface area contributed by atoms with Crippen LogP contribution in [0.2, 0.25) is 0 Å². The highest BCUT2D eigenvalue weighted by Crippen LogP contribution is 2.16. The first kappa shape index (κ1) is 12.5. The largest absolute Gasteiger partial charge is 0.691 e. The summed E-state index contributed by atoms with van der Waals surface area (Å²) >= 11 is 0. The summed E-state index contributed by atoms with van der Waals surface area (Å²) in [7, 11) is 0. The van der Waals surface area contributed by atoms with Crippen molar-refractivity contribution in [3.8, 4) is 0 Å². The molecule has 0 saturated carbocycles. The molecular formula is C12H10N4O3. The van der Waals surface area contributed by atoms with Crippen molar-refractivity contribution in [1.82, 2.24) is 0 Å². The number of benzene rings is 2. The molecule has 0 aromatic heterocycles. The summed E-state index contributed by atoms with van der Waals surface area (Å²) in [6.07, 6.45) is 0. The average molecular weight is 258 g/mol. The number of hydrogen-bond donors (Lipinski definition) is 1. The predicted octanol–water partition coefficient (Wildman–Crippen LogP) is 3.22. The maximum Gasteiger partial charge on any atom is 0.269 e. The Balaban J connectivity index is 2.08. The molecule has 0 amide bonds. The summed E-state index contributed by atoms with van der Waals surface area (Å²) in [5, 5.41) is 25.6. The van der Waals surface area contributed by atoms with E-state index in [2.05, 4.69) is 10.6 Å². The summed E-state index contributed by atoms with van der Waals surface area (Å²) < 4.78 is 0. The van der Waals surface area contributed by atoms with Crippen LogP contribution in [0.15, 0.2) is 59.8 Å². The van der Waals surface area contributed by atoms with Crippen molar-refractivity contribution < 1.29 is 9.78 Å². The summed E-state index contributed by atoms with van der Waals surface area (Å²) in [4.78, 5) is 10.4. The fourth-order valence-corrected chi connectivity index (χ4v) is 1.37. The second-order valence-corrected chi connectivity index (χ2v) is 3.62. The molecule has 1 N–H and O–H groups in total. The van der Waals surface area contributed by atoms with Crippen LogP contribution in [0.5, 0.6) is 0 Å². The van der Waals surface area contributed by atoms with Gasteiger partial charge in [0.1, 0.15) is 5.69 Å². The number of anilines is 1. The van der Waals surface area contributed by atoms with Crippen LogP contribution < -0.4 is 5.43 Å². The number of hydrogen-bond acceptors (Lipinski definition) is 4. The number of nitrogens with zero attached hydrogens (tertiary/aromatic N) is 3. The van der Waals surface area contributed by atoms with Gasteiger partial charge in [-0.15, -0.1) is 10.3 Å². The summed E-state index contributed by atoms with van der Waals surface area (Å²) in [6.45, 7) is 0. The van der Waals surface area contributed by atoms with Gasteiger partial charge < -0.3 is 5.21 Å². The molecule has 0 saturated heterocycles. The zero-order chi connectivity index (χ0) is 13.7. The van der Waals surface area contributed by atoms with Crippen LogP contribution in [0.1, 0.15) is 0 Å². The highest BCUT2D eigenvalue weighted by Gasteiger charge is 2.05. The van der Waals surface area contributed by atoms with Crippen molar-refractivity contribution in [2.24, 2.45) is 5.22 Å². The van der Waals surface area contributed by atoms with E-state index in [1.54, 1.807) is 30.3 Å². The molecule has 0 bridgehead atoms. The van der Waals surface area contributed by atoms with Crippen LogP contribution >= 0.6 is 0 Å². The van der Waals surface area contributed by atoms with Crippen LogP contribution in [-0.2, 0) is 0 Å². The molecule has 2 aromatic rings. The van der Waals surface area contributed by atoms with Gasteiger partial charge in [0.05, 0.1) is 10.1 Å². The molecule has 19 heavy (non-hydrogen) atoms. The Morgan fingerprint density at radius 2 is 1.53 bits per heavy atom. The van der Waals surface area contributed by atoms with Gasteiger partial charge in [-0.1, -0.05) is 18.2 Å². The lowest BCUT2D eigenvalue weighted by Crippen LogP contribution is -1.97. The SMILES string of the molecule is O=[N+]([O-])c1ccc(N/N=[N+](\[O-])c2ccccc2)cc1. The predicted molar refractivity (Wildman–Crippen MR) is 68.9 cm³/mol. The minimum absolute atomic E-state index is 0.0208. The number of rotatable bonds is 4. The molecule has 7 nitrogen and oxygen atoms in total. The van der Waals surface area contributed by atoms with Gasteiger partial charge in [-0.2, -0.15) is 0 Å². The van der Waals surface area contributed by atoms with Crippen molar-refractivity contribution in [3.63, 3.8) is 0 Å². The lowest BCUT2D eigenvalue weighted by Gasteiger charge is -2.04. The minimum atomic E-state index is -0.495. The van der Waals surface area contributed by atoms with E-state index in [1.807, 2.05) is 0 Å². The zero-order valence-corrected chi connectivity index (χ0v) is 9.76. The molecule has 0 aliphatic heterocycles. The fourth-order valence-electron chi connectivity index (χ4n) is 1.37. The summed E-state index contributed by atoms with van der Waals surface area (Å²) in [5.41, 5.74) is 3.38. The summed E-state index contributed by atoms with van der Waals surface area (Å²) in [6, 6.07) is 14.1. The Kier molecular flexibility index (Phi) is 3.67. The fraction of sp³-hybridized carbons (Fsp3) is 0. The van der Waals surface area contributed by atoms with E-state index in [4.69, 9.17) is 0 Å². The molecule has 0 aliphatic carbocycles. The molecule has 0 fully saturated rings. The maximum atomic E-state index is 11.6. The quantitative estimate of drug-likeness (QED) is 0.394. The molecule has 0 atom stereocenters. The van der Waals surface area contributed by atoms with E-state index in [0.29, 0.717) is 16.2 Å². The smallest absolute Gasteiger partial charge is 0.269 e. The van der Waals surface area contributed by atoms with Crippen molar-refractivity contribution in [2.75, 3.05) is 5.43 Å². The number of non-ortho nitro benzene ring substituents is 1. The van der Waals surface area contributed by atoms with Gasteiger partial charge in [0, 0.05) is 12.1 Å². The van der Waals surface area contributed by atoms with Crippen LogP contribution in [0.3, 0.4) is 0 Å². The van der Waals surface area contributed by atoms with E-state index >= 15 is 0 Å². The lowest BCUT2D eigenvalue weighted by molar-refractivity contribution is -0.439. The molecule has 0 aliphatic rings. The Bertz CT molecular complexity index is 596. The van der Waals surface area contributed by atoms with Crippen molar-refractivity contribution in [2.45, 2.75) is 0 Å². The molecule has 0 heterocycles. The normalized spacial score (nSPS) is 11.1. The second-order valence-electron chi connectivity index (χ2n) is 3.62. The average Bonchev–Trinajstić information content (AvgIpc) is 2.46. The number of nitro groups is 1. The van der Waals surface area contributed by atoms with Crippen molar-refractivity contribution >= 4 is 17.1 Å². The van der Waals surface area contributed by atoms with Gasteiger partial charge in [-0.05, 0) is 24.3 Å². The topological polar surface area (TPSA) is 93.6 Å². The molecule has 0 radical (unpaired) electrons. The van der Waals surface area contributed by atoms with Gasteiger partial charge in [-0.3, -0.25) is 10.1 Å². The van der Waals surface area contributed by atoms with Crippen LogP contribution in [-0.4, -0.2) is 9.78 Å². The first-order chi connectivity index (χ1) is 9.16. The lowest BCUT2D eigenvalue weighted by atomic mass is 10.3. The zero-order valence-electron chi connectivity index (χ0n) is 9.76. The van der Waals surface area contributed by atoms with E-state index in [0.717, 1.165) is 0 Å². The molecule has 0 spiro atoms. The maximum absolute atomic E-state index is 11.6.